The molecule has 0 fully saturated rings. The Morgan fingerprint density at radius 2 is 1.52 bits per heavy atom. The van der Waals surface area contributed by atoms with E-state index in [1.807, 2.05) is 43.3 Å². The van der Waals surface area contributed by atoms with Gasteiger partial charge < -0.3 is 5.43 Å². The third kappa shape index (κ3) is 7.76. The lowest BCUT2D eigenvalue weighted by atomic mass is 9.83. The van der Waals surface area contributed by atoms with E-state index in [2.05, 4.69) is 76.6 Å². The van der Waals surface area contributed by atoms with Crippen LogP contribution in [-0.4, -0.2) is 26.4 Å². The van der Waals surface area contributed by atoms with Gasteiger partial charge in [-0.05, 0) is 50.1 Å². The molecule has 0 atom stereocenters. The molecule has 8 heteroatoms. The first-order valence-electron chi connectivity index (χ1n) is 10.9. The molecule has 0 aliphatic carbocycles. The summed E-state index contributed by atoms with van der Waals surface area (Å²) in [6.45, 7) is 12.6. The number of hydrogen-bond donors (Lipinski definition) is 3. The van der Waals surface area contributed by atoms with Crippen molar-refractivity contribution in [3.63, 3.8) is 0 Å². The summed E-state index contributed by atoms with van der Waals surface area (Å²) in [4.78, 5) is 16.6. The lowest BCUT2D eigenvalue weighted by Crippen LogP contribution is -2.22. The first-order chi connectivity index (χ1) is 15.8. The van der Waals surface area contributed by atoms with Gasteiger partial charge in [-0.15, -0.1) is 0 Å². The number of nitrogens with zero attached hydrogens (tertiary/aromatic N) is 5. The van der Waals surface area contributed by atoms with Crippen molar-refractivity contribution in [1.82, 2.24) is 15.0 Å². The Morgan fingerprint density at radius 3 is 2.00 bits per heavy atom. The molecule has 1 aliphatic heterocycles. The molecule has 3 aromatic rings. The Bertz CT molecular complexity index is 1040. The Balaban J connectivity index is 0.000000180. The van der Waals surface area contributed by atoms with E-state index in [9.17, 15) is 0 Å². The van der Waals surface area contributed by atoms with Crippen molar-refractivity contribution < 1.29 is 0 Å². The Kier molecular flexibility index (Phi) is 9.62. The number of anilines is 2. The first-order valence-corrected chi connectivity index (χ1v) is 10.9. The van der Waals surface area contributed by atoms with E-state index in [1.165, 1.54) is 5.56 Å². The highest BCUT2D eigenvalue weighted by Gasteiger charge is 2.32. The second-order valence-corrected chi connectivity index (χ2v) is 8.29. The molecule has 3 aromatic heterocycles. The molecular weight excluding hydrogens is 412 g/mol. The highest BCUT2D eigenvalue weighted by molar-refractivity contribution is 5.98. The van der Waals surface area contributed by atoms with E-state index in [1.54, 1.807) is 24.7 Å². The summed E-state index contributed by atoms with van der Waals surface area (Å²) < 4.78 is 0. The molecule has 174 valence electrons. The van der Waals surface area contributed by atoms with Crippen LogP contribution < -0.4 is 16.7 Å². The van der Waals surface area contributed by atoms with E-state index < -0.39 is 0 Å². The number of aliphatic imine (C=N–C) groups is 1. The van der Waals surface area contributed by atoms with Gasteiger partial charge in [-0.1, -0.05) is 45.9 Å². The number of nitrogens with one attached hydrogen (secondary N) is 2. The molecule has 0 aromatic carbocycles. The molecular formula is C25H34N8. The number of hydrogen-bond acceptors (Lipinski definition) is 8. The fraction of sp³-hybridized carbons (Fsp3) is 0.320. The Morgan fingerprint density at radius 1 is 0.909 bits per heavy atom. The maximum atomic E-state index is 5.04. The molecule has 4 heterocycles. The van der Waals surface area contributed by atoms with E-state index in [0.29, 0.717) is 11.7 Å². The van der Waals surface area contributed by atoms with Crippen LogP contribution >= 0.6 is 0 Å². The summed E-state index contributed by atoms with van der Waals surface area (Å²) in [5, 5.41) is 4.20. The molecule has 4 rings (SSSR count). The summed E-state index contributed by atoms with van der Waals surface area (Å²) in [5.74, 6) is 7.86. The quantitative estimate of drug-likeness (QED) is 0.282. The summed E-state index contributed by atoms with van der Waals surface area (Å²) in [6, 6.07) is 15.2. The number of aromatic nitrogens is 3. The highest BCUT2D eigenvalue weighted by Crippen LogP contribution is 2.37. The van der Waals surface area contributed by atoms with Crippen LogP contribution in [0.25, 0.3) is 0 Å². The summed E-state index contributed by atoms with van der Waals surface area (Å²) in [6.07, 6.45) is 5.20. The fourth-order valence-corrected chi connectivity index (χ4v) is 2.62. The molecule has 4 N–H and O–H groups in total. The fourth-order valence-electron chi connectivity index (χ4n) is 2.62. The zero-order valence-electron chi connectivity index (χ0n) is 20.2. The summed E-state index contributed by atoms with van der Waals surface area (Å²) in [7, 11) is 0. The maximum Gasteiger partial charge on any atom is 0.155 e. The van der Waals surface area contributed by atoms with Crippen molar-refractivity contribution in [2.75, 3.05) is 10.9 Å². The van der Waals surface area contributed by atoms with Crippen LogP contribution in [0, 0.1) is 5.92 Å². The minimum absolute atomic E-state index is 0.0730. The monoisotopic (exact) mass is 446 g/mol. The van der Waals surface area contributed by atoms with Crippen molar-refractivity contribution in [2.45, 2.75) is 47.0 Å². The van der Waals surface area contributed by atoms with Gasteiger partial charge in [0.1, 0.15) is 11.6 Å². The molecule has 0 radical (unpaired) electrons. The van der Waals surface area contributed by atoms with Crippen molar-refractivity contribution >= 4 is 28.9 Å². The largest absolute Gasteiger partial charge is 0.308 e. The number of fused-ring (bicyclic) bond motifs is 1. The predicted molar refractivity (Wildman–Crippen MR) is 138 cm³/mol. The predicted octanol–water partition coefficient (Wildman–Crippen LogP) is 5.36. The first kappa shape index (κ1) is 25.6. The molecule has 0 unspecified atom stereocenters. The van der Waals surface area contributed by atoms with Crippen molar-refractivity contribution in [3.8, 4) is 0 Å². The van der Waals surface area contributed by atoms with Crippen LogP contribution in [0.4, 0.5) is 17.5 Å². The van der Waals surface area contributed by atoms with Gasteiger partial charge in [0.25, 0.3) is 0 Å². The van der Waals surface area contributed by atoms with Crippen LogP contribution in [0.5, 0.6) is 0 Å². The second-order valence-electron chi connectivity index (χ2n) is 8.29. The zero-order chi connectivity index (χ0) is 24.3. The lowest BCUT2D eigenvalue weighted by Gasteiger charge is -2.18. The number of hydrazone groups is 1. The van der Waals surface area contributed by atoms with E-state index >= 15 is 0 Å². The average Bonchev–Trinajstić information content (AvgIpc) is 3.07. The van der Waals surface area contributed by atoms with E-state index in [0.717, 1.165) is 23.1 Å². The minimum Gasteiger partial charge on any atom is -0.308 e. The van der Waals surface area contributed by atoms with Crippen molar-refractivity contribution in [3.05, 3.63) is 72.7 Å². The molecule has 8 nitrogen and oxygen atoms in total. The van der Waals surface area contributed by atoms with Gasteiger partial charge in [0.15, 0.2) is 5.82 Å². The highest BCUT2D eigenvalue weighted by atomic mass is 15.3. The number of pyridine rings is 3. The topological polar surface area (TPSA) is 113 Å². The zero-order valence-corrected chi connectivity index (χ0v) is 20.2. The summed E-state index contributed by atoms with van der Waals surface area (Å²) >= 11 is 0. The van der Waals surface area contributed by atoms with Crippen LogP contribution in [0.2, 0.25) is 0 Å². The van der Waals surface area contributed by atoms with Gasteiger partial charge in [0.2, 0.25) is 0 Å². The Labute approximate surface area is 196 Å². The molecule has 0 spiro atoms. The van der Waals surface area contributed by atoms with E-state index in [-0.39, 0.29) is 5.41 Å². The van der Waals surface area contributed by atoms with Gasteiger partial charge in [-0.25, -0.2) is 25.8 Å². The van der Waals surface area contributed by atoms with Crippen LogP contribution in [0.3, 0.4) is 0 Å². The number of rotatable bonds is 4. The smallest absolute Gasteiger partial charge is 0.155 e. The van der Waals surface area contributed by atoms with Crippen molar-refractivity contribution in [1.29, 1.82) is 0 Å². The molecule has 0 bridgehead atoms. The molecule has 33 heavy (non-hydrogen) atoms. The molecule has 1 aliphatic rings. The van der Waals surface area contributed by atoms with E-state index in [4.69, 9.17) is 5.84 Å². The van der Waals surface area contributed by atoms with Crippen molar-refractivity contribution in [2.24, 2.45) is 21.9 Å². The molecule has 0 saturated heterocycles. The van der Waals surface area contributed by atoms with Gasteiger partial charge in [-0.2, -0.15) is 5.10 Å². The summed E-state index contributed by atoms with van der Waals surface area (Å²) in [5.41, 5.74) is 8.85. The normalized spacial score (nSPS) is 13.6. The number of hydrazine groups is 1. The standard InChI is InChI=1S/C10H15N3.C10H12N2.C5H7N3/c1-8(2)9(3)12-13-10-6-4-5-7-11-10;1-7-10(2,3)8-5-4-6-11-9(8)12-7;6-8-5-3-1-2-4-7-5/h4-8H,1-3H3,(H,11,13);4-6H,1-3H3;1-4H,6H2,(H,7,8)/b12-9+;;. The molecule has 0 saturated carbocycles. The van der Waals surface area contributed by atoms with Crippen LogP contribution in [0.1, 0.15) is 47.1 Å². The maximum absolute atomic E-state index is 5.04. The third-order valence-corrected chi connectivity index (χ3v) is 5.30. The average molecular weight is 447 g/mol. The van der Waals surface area contributed by atoms with Crippen LogP contribution in [-0.2, 0) is 5.41 Å². The minimum atomic E-state index is 0.0730. The second kappa shape index (κ2) is 12.4. The van der Waals surface area contributed by atoms with Crippen LogP contribution in [0.15, 0.2) is 77.2 Å². The van der Waals surface area contributed by atoms with Gasteiger partial charge in [0.05, 0.1) is 0 Å². The van der Waals surface area contributed by atoms with Gasteiger partial charge >= 0.3 is 0 Å². The Hall–Kier alpha value is -3.65. The van der Waals surface area contributed by atoms with Gasteiger partial charge in [-0.3, -0.25) is 5.43 Å². The SMILES string of the molecule is C/C(=N\Nc1ccccn1)C(C)C.CC1=Nc2ncccc2C1(C)C.NNc1ccccn1. The molecule has 0 amide bonds. The lowest BCUT2D eigenvalue weighted by molar-refractivity contribution is 0.731. The number of nitrogen functional groups attached to an aromatic ring is 1. The van der Waals surface area contributed by atoms with Gasteiger partial charge in [0, 0.05) is 41.0 Å². The number of nitrogens with two attached hydrogens (primary N) is 1. The third-order valence-electron chi connectivity index (χ3n) is 5.30.